The predicted octanol–water partition coefficient (Wildman–Crippen LogP) is 3.68. The van der Waals surface area contributed by atoms with Crippen LogP contribution in [-0.4, -0.2) is 36.9 Å². The zero-order chi connectivity index (χ0) is 22.4. The topological polar surface area (TPSA) is 122 Å². The summed E-state index contributed by atoms with van der Waals surface area (Å²) >= 11 is 0. The van der Waals surface area contributed by atoms with Crippen LogP contribution in [0.15, 0.2) is 30.6 Å². The average molecular weight is 433 g/mol. The van der Waals surface area contributed by atoms with Gasteiger partial charge < -0.3 is 15.0 Å². The highest BCUT2D eigenvalue weighted by atomic mass is 19.1. The number of nitrogens with zero attached hydrogens (tertiary/aromatic N) is 5. The summed E-state index contributed by atoms with van der Waals surface area (Å²) in [5.41, 5.74) is 2.52. The number of benzene rings is 1. The lowest BCUT2D eigenvalue weighted by molar-refractivity contribution is 0.165. The number of amides is 1. The van der Waals surface area contributed by atoms with Crippen molar-refractivity contribution in [3.05, 3.63) is 36.4 Å². The molecule has 9 nitrogen and oxygen atoms in total. The van der Waals surface area contributed by atoms with Crippen LogP contribution in [0.2, 0.25) is 0 Å². The summed E-state index contributed by atoms with van der Waals surface area (Å²) in [5, 5.41) is 16.9. The summed E-state index contributed by atoms with van der Waals surface area (Å²) < 4.78 is 20.7. The van der Waals surface area contributed by atoms with E-state index in [0.29, 0.717) is 28.1 Å². The molecule has 1 aromatic carbocycles. The molecule has 1 saturated carbocycles. The third-order valence-electron chi connectivity index (χ3n) is 6.01. The first-order valence-electron chi connectivity index (χ1n) is 10.3. The van der Waals surface area contributed by atoms with E-state index in [1.54, 1.807) is 24.0 Å². The largest absolute Gasteiger partial charge is 0.412 e. The van der Waals surface area contributed by atoms with Crippen molar-refractivity contribution in [2.45, 2.75) is 25.8 Å². The molecule has 1 fully saturated rings. The number of nitriles is 1. The van der Waals surface area contributed by atoms with E-state index >= 15 is 0 Å². The van der Waals surface area contributed by atoms with Crippen LogP contribution in [-0.2, 0) is 7.05 Å². The number of nitrogens with one attached hydrogen (secondary N) is 2. The Balaban J connectivity index is 1.39. The van der Waals surface area contributed by atoms with Gasteiger partial charge in [0.15, 0.2) is 16.9 Å². The number of ether oxygens (including phenoxy) is 1. The van der Waals surface area contributed by atoms with Gasteiger partial charge in [0.1, 0.15) is 17.2 Å². The zero-order valence-electron chi connectivity index (χ0n) is 17.5. The number of rotatable bonds is 4. The SMILES string of the molecule is CC(NC(=O)Oc1c[nH]c2ncc(-c3nn(C)c4cc(F)ccc34)nc12)[C@H]1C[C@H](C#N)C1. The van der Waals surface area contributed by atoms with E-state index < -0.39 is 6.09 Å². The third-order valence-corrected chi connectivity index (χ3v) is 6.01. The van der Waals surface area contributed by atoms with Gasteiger partial charge in [0, 0.05) is 30.6 Å². The van der Waals surface area contributed by atoms with Crippen molar-refractivity contribution in [1.29, 1.82) is 5.26 Å². The molecular formula is C22H20FN7O2. The first-order chi connectivity index (χ1) is 15.4. The van der Waals surface area contributed by atoms with Crippen molar-refractivity contribution in [1.82, 2.24) is 30.0 Å². The lowest BCUT2D eigenvalue weighted by Crippen LogP contribution is -2.44. The van der Waals surface area contributed by atoms with E-state index in [0.717, 1.165) is 18.2 Å². The van der Waals surface area contributed by atoms with Crippen LogP contribution in [0.1, 0.15) is 19.8 Å². The fraction of sp³-hybridized carbons (Fsp3) is 0.318. The third kappa shape index (κ3) is 3.41. The highest BCUT2D eigenvalue weighted by molar-refractivity contribution is 5.93. The lowest BCUT2D eigenvalue weighted by atomic mass is 9.72. The minimum Gasteiger partial charge on any atom is -0.406 e. The van der Waals surface area contributed by atoms with E-state index in [1.165, 1.54) is 18.3 Å². The van der Waals surface area contributed by atoms with Gasteiger partial charge in [0.05, 0.1) is 17.8 Å². The number of carbonyl (C=O) groups is 1. The normalized spacial score (nSPS) is 18.8. The van der Waals surface area contributed by atoms with Gasteiger partial charge in [-0.25, -0.2) is 19.2 Å². The van der Waals surface area contributed by atoms with E-state index in [4.69, 9.17) is 10.00 Å². The second-order valence-corrected chi connectivity index (χ2v) is 8.12. The average Bonchev–Trinajstić information content (AvgIpc) is 3.27. The number of carbonyl (C=O) groups excluding carboxylic acids is 1. The fourth-order valence-electron chi connectivity index (χ4n) is 4.09. The molecule has 3 heterocycles. The molecule has 0 saturated heterocycles. The molecule has 3 aromatic heterocycles. The van der Waals surface area contributed by atoms with Crippen molar-refractivity contribution in [3.63, 3.8) is 0 Å². The van der Waals surface area contributed by atoms with Crippen LogP contribution in [0.3, 0.4) is 0 Å². The highest BCUT2D eigenvalue weighted by Crippen LogP contribution is 2.35. The molecule has 0 spiro atoms. The summed E-state index contributed by atoms with van der Waals surface area (Å²) in [6.07, 6.45) is 4.06. The van der Waals surface area contributed by atoms with Crippen molar-refractivity contribution in [3.8, 4) is 23.2 Å². The Morgan fingerprint density at radius 3 is 3.03 bits per heavy atom. The number of H-pyrrole nitrogens is 1. The lowest BCUT2D eigenvalue weighted by Gasteiger charge is -2.35. The van der Waals surface area contributed by atoms with Gasteiger partial charge in [-0.2, -0.15) is 10.4 Å². The molecule has 4 aromatic rings. The van der Waals surface area contributed by atoms with Gasteiger partial charge in [0.2, 0.25) is 0 Å². The van der Waals surface area contributed by atoms with Crippen LogP contribution >= 0.6 is 0 Å². The fourth-order valence-corrected chi connectivity index (χ4v) is 4.09. The van der Waals surface area contributed by atoms with Crippen molar-refractivity contribution >= 4 is 28.2 Å². The summed E-state index contributed by atoms with van der Waals surface area (Å²) in [4.78, 5) is 24.3. The smallest absolute Gasteiger partial charge is 0.406 e. The maximum atomic E-state index is 13.6. The van der Waals surface area contributed by atoms with Gasteiger partial charge in [-0.1, -0.05) is 0 Å². The Labute approximate surface area is 182 Å². The summed E-state index contributed by atoms with van der Waals surface area (Å²) in [7, 11) is 1.73. The van der Waals surface area contributed by atoms with Gasteiger partial charge in [0.25, 0.3) is 0 Å². The molecule has 32 heavy (non-hydrogen) atoms. The van der Waals surface area contributed by atoms with Crippen LogP contribution < -0.4 is 10.1 Å². The number of hydrogen-bond donors (Lipinski definition) is 2. The maximum Gasteiger partial charge on any atom is 0.412 e. The summed E-state index contributed by atoms with van der Waals surface area (Å²) in [6.45, 7) is 1.90. The Morgan fingerprint density at radius 2 is 2.25 bits per heavy atom. The first-order valence-corrected chi connectivity index (χ1v) is 10.3. The zero-order valence-corrected chi connectivity index (χ0v) is 17.5. The second kappa shape index (κ2) is 7.60. The van der Waals surface area contributed by atoms with Crippen LogP contribution in [0.4, 0.5) is 9.18 Å². The van der Waals surface area contributed by atoms with Gasteiger partial charge in [-0.15, -0.1) is 0 Å². The van der Waals surface area contributed by atoms with Crippen molar-refractivity contribution in [2.75, 3.05) is 0 Å². The van der Waals surface area contributed by atoms with E-state index in [9.17, 15) is 9.18 Å². The Hall–Kier alpha value is -4.00. The second-order valence-electron chi connectivity index (χ2n) is 8.12. The van der Waals surface area contributed by atoms with Gasteiger partial charge in [-0.05, 0) is 43.9 Å². The molecule has 1 atom stereocenters. The molecule has 0 radical (unpaired) electrons. The molecule has 1 amide bonds. The molecule has 0 bridgehead atoms. The summed E-state index contributed by atoms with van der Waals surface area (Å²) in [5.74, 6) is 0.236. The van der Waals surface area contributed by atoms with Gasteiger partial charge in [-0.3, -0.25) is 4.68 Å². The summed E-state index contributed by atoms with van der Waals surface area (Å²) in [6, 6.07) is 6.58. The number of aryl methyl sites for hydroxylation is 1. The van der Waals surface area contributed by atoms with Crippen molar-refractivity contribution < 1.29 is 13.9 Å². The standard InChI is InChI=1S/C22H20FN7O2/c1-11(13-5-12(6-13)8-24)27-22(31)32-18-10-26-21-20(18)28-16(9-25-21)19-15-4-3-14(23)7-17(15)30(2)29-19/h3-4,7,9-13H,5-6H2,1-2H3,(H,25,26)(H,27,31)/t11?,12-,13-. The Bertz CT molecular complexity index is 1380. The van der Waals surface area contributed by atoms with Gasteiger partial charge >= 0.3 is 6.09 Å². The maximum absolute atomic E-state index is 13.6. The van der Waals surface area contributed by atoms with Crippen LogP contribution in [0, 0.1) is 29.0 Å². The molecule has 0 aliphatic heterocycles. The highest BCUT2D eigenvalue weighted by Gasteiger charge is 2.34. The van der Waals surface area contributed by atoms with E-state index in [-0.39, 0.29) is 29.4 Å². The Kier molecular flexibility index (Phi) is 4.74. The van der Waals surface area contributed by atoms with E-state index in [2.05, 4.69) is 31.4 Å². The molecule has 10 heteroatoms. The van der Waals surface area contributed by atoms with Crippen molar-refractivity contribution in [2.24, 2.45) is 18.9 Å². The number of hydrogen-bond acceptors (Lipinski definition) is 6. The van der Waals surface area contributed by atoms with E-state index in [1.807, 2.05) is 6.92 Å². The monoisotopic (exact) mass is 433 g/mol. The Morgan fingerprint density at radius 1 is 1.44 bits per heavy atom. The quantitative estimate of drug-likeness (QED) is 0.506. The predicted molar refractivity (Wildman–Crippen MR) is 114 cm³/mol. The molecule has 2 N–H and O–H groups in total. The minimum atomic E-state index is -0.593. The molecule has 1 unspecified atom stereocenters. The minimum absolute atomic E-state index is 0.0711. The molecule has 162 valence electrons. The van der Waals surface area contributed by atoms with Crippen LogP contribution in [0.25, 0.3) is 33.5 Å². The van der Waals surface area contributed by atoms with Crippen LogP contribution in [0.5, 0.6) is 5.75 Å². The molecular weight excluding hydrogens is 413 g/mol. The number of aromatic amines is 1. The molecule has 1 aliphatic rings. The number of fused-ring (bicyclic) bond motifs is 2. The number of halogens is 1. The molecule has 1 aliphatic carbocycles. The first kappa shape index (κ1) is 19.9. The number of aromatic nitrogens is 5. The molecule has 5 rings (SSSR count).